The second-order valence-electron chi connectivity index (χ2n) is 6.38. The number of aromatic nitrogens is 2. The first-order valence-corrected chi connectivity index (χ1v) is 8.44. The molecule has 1 aliphatic rings. The van der Waals surface area contributed by atoms with Crippen LogP contribution in [0.3, 0.4) is 0 Å². The van der Waals surface area contributed by atoms with Crippen molar-refractivity contribution in [2.75, 3.05) is 31.1 Å². The highest BCUT2D eigenvalue weighted by molar-refractivity contribution is 5.74. The van der Waals surface area contributed by atoms with E-state index in [-0.39, 0.29) is 12.1 Å². The Morgan fingerprint density at radius 1 is 1.07 bits per heavy atom. The molecule has 0 bridgehead atoms. The smallest absolute Gasteiger partial charge is 0.423 e. The van der Waals surface area contributed by atoms with E-state index in [9.17, 15) is 17.6 Å². The van der Waals surface area contributed by atoms with Crippen molar-refractivity contribution in [3.8, 4) is 0 Å². The molecule has 0 aliphatic carbocycles. The van der Waals surface area contributed by atoms with Crippen molar-refractivity contribution in [1.82, 2.24) is 14.9 Å². The van der Waals surface area contributed by atoms with Crippen molar-refractivity contribution in [1.29, 1.82) is 0 Å². The van der Waals surface area contributed by atoms with Crippen LogP contribution in [0.2, 0.25) is 0 Å². The Kier molecular flexibility index (Phi) is 4.47. The number of benzene rings is 1. The van der Waals surface area contributed by atoms with Gasteiger partial charge in [-0.15, -0.1) is 0 Å². The normalized spacial score (nSPS) is 16.2. The van der Waals surface area contributed by atoms with Gasteiger partial charge in [0.15, 0.2) is 5.58 Å². The number of nitrogens with zero attached hydrogens (tertiary/aromatic N) is 4. The highest BCUT2D eigenvalue weighted by Gasteiger charge is 2.35. The average molecular weight is 380 g/mol. The van der Waals surface area contributed by atoms with E-state index in [0.717, 1.165) is 6.20 Å². The summed E-state index contributed by atoms with van der Waals surface area (Å²) in [7, 11) is 0. The SMILES string of the molecule is Fc1ccc2nc(N3CCN(Cc4cccnc4C(F)(F)F)CC3)oc2c1. The molecule has 2 aromatic heterocycles. The van der Waals surface area contributed by atoms with Gasteiger partial charge in [-0.1, -0.05) is 6.07 Å². The standard InChI is InChI=1S/C18H16F4N4O/c19-13-3-4-14-15(10-13)27-17(24-14)26-8-6-25(7-9-26)11-12-2-1-5-23-16(12)18(20,21)22/h1-5,10H,6-9,11H2. The van der Waals surface area contributed by atoms with Crippen LogP contribution in [0.5, 0.6) is 0 Å². The molecule has 1 aliphatic heterocycles. The Hall–Kier alpha value is -2.68. The van der Waals surface area contributed by atoms with Gasteiger partial charge >= 0.3 is 6.18 Å². The van der Waals surface area contributed by atoms with Gasteiger partial charge in [-0.3, -0.25) is 9.88 Å². The number of halogens is 4. The molecule has 3 heterocycles. The maximum absolute atomic E-state index is 13.3. The number of hydrogen-bond acceptors (Lipinski definition) is 5. The first-order chi connectivity index (χ1) is 12.9. The molecule has 4 rings (SSSR count). The second-order valence-corrected chi connectivity index (χ2v) is 6.38. The molecule has 0 spiro atoms. The summed E-state index contributed by atoms with van der Waals surface area (Å²) < 4.78 is 58.1. The van der Waals surface area contributed by atoms with Gasteiger partial charge in [-0.05, 0) is 23.8 Å². The molecular weight excluding hydrogens is 364 g/mol. The third-order valence-corrected chi connectivity index (χ3v) is 4.54. The van der Waals surface area contributed by atoms with Crippen molar-refractivity contribution in [2.24, 2.45) is 0 Å². The van der Waals surface area contributed by atoms with E-state index in [1.54, 1.807) is 6.07 Å². The van der Waals surface area contributed by atoms with Crippen LogP contribution in [0.4, 0.5) is 23.6 Å². The van der Waals surface area contributed by atoms with Crippen molar-refractivity contribution in [3.05, 3.63) is 53.6 Å². The molecule has 1 saturated heterocycles. The molecule has 1 aromatic carbocycles. The third-order valence-electron chi connectivity index (χ3n) is 4.54. The van der Waals surface area contributed by atoms with Gasteiger partial charge in [0.25, 0.3) is 6.01 Å². The summed E-state index contributed by atoms with van der Waals surface area (Å²) in [5.74, 6) is -0.396. The van der Waals surface area contributed by atoms with Gasteiger partial charge in [0, 0.05) is 45.0 Å². The second kappa shape index (κ2) is 6.80. The molecule has 3 aromatic rings. The number of hydrogen-bond donors (Lipinski definition) is 0. The number of piperazine rings is 1. The number of alkyl halides is 3. The molecule has 27 heavy (non-hydrogen) atoms. The lowest BCUT2D eigenvalue weighted by Crippen LogP contribution is -2.46. The van der Waals surface area contributed by atoms with Crippen LogP contribution in [0.25, 0.3) is 11.1 Å². The summed E-state index contributed by atoms with van der Waals surface area (Å²) in [6.07, 6.45) is -3.31. The molecule has 0 N–H and O–H groups in total. The average Bonchev–Trinajstić information content (AvgIpc) is 3.05. The van der Waals surface area contributed by atoms with E-state index in [0.29, 0.717) is 43.3 Å². The zero-order valence-corrected chi connectivity index (χ0v) is 14.2. The van der Waals surface area contributed by atoms with Gasteiger partial charge in [0.1, 0.15) is 17.0 Å². The minimum absolute atomic E-state index is 0.163. The van der Waals surface area contributed by atoms with Crippen LogP contribution in [0, 0.1) is 5.82 Å². The van der Waals surface area contributed by atoms with Gasteiger partial charge in [0.05, 0.1) is 0 Å². The minimum atomic E-state index is -4.47. The van der Waals surface area contributed by atoms with Crippen LogP contribution in [-0.4, -0.2) is 41.0 Å². The summed E-state index contributed by atoms with van der Waals surface area (Å²) in [6.45, 7) is 2.39. The fourth-order valence-corrected chi connectivity index (χ4v) is 3.18. The quantitative estimate of drug-likeness (QED) is 0.649. The van der Waals surface area contributed by atoms with E-state index in [2.05, 4.69) is 9.97 Å². The lowest BCUT2D eigenvalue weighted by Gasteiger charge is -2.34. The molecule has 142 valence electrons. The number of fused-ring (bicyclic) bond motifs is 1. The Balaban J connectivity index is 1.43. The first kappa shape index (κ1) is 17.7. The van der Waals surface area contributed by atoms with Crippen molar-refractivity contribution in [3.63, 3.8) is 0 Å². The van der Waals surface area contributed by atoms with E-state index < -0.39 is 17.7 Å². The third kappa shape index (κ3) is 3.73. The van der Waals surface area contributed by atoms with Gasteiger partial charge in [-0.2, -0.15) is 18.2 Å². The largest absolute Gasteiger partial charge is 0.433 e. The molecule has 1 fully saturated rings. The zero-order valence-electron chi connectivity index (χ0n) is 14.2. The van der Waals surface area contributed by atoms with E-state index in [4.69, 9.17) is 4.42 Å². The Bertz CT molecular complexity index is 948. The van der Waals surface area contributed by atoms with Crippen LogP contribution < -0.4 is 4.90 Å². The van der Waals surface area contributed by atoms with E-state index in [1.165, 1.54) is 24.3 Å². The van der Waals surface area contributed by atoms with Crippen LogP contribution >= 0.6 is 0 Å². The fourth-order valence-electron chi connectivity index (χ4n) is 3.18. The lowest BCUT2D eigenvalue weighted by molar-refractivity contribution is -0.142. The fraction of sp³-hybridized carbons (Fsp3) is 0.333. The molecule has 0 atom stereocenters. The summed E-state index contributed by atoms with van der Waals surface area (Å²) in [4.78, 5) is 11.7. The van der Waals surface area contributed by atoms with Crippen LogP contribution in [-0.2, 0) is 12.7 Å². The van der Waals surface area contributed by atoms with Crippen molar-refractivity contribution < 1.29 is 22.0 Å². The summed E-state index contributed by atoms with van der Waals surface area (Å²) in [5, 5.41) is 0. The molecule has 0 amide bonds. The minimum Gasteiger partial charge on any atom is -0.423 e. The molecule has 0 saturated carbocycles. The topological polar surface area (TPSA) is 45.4 Å². The zero-order chi connectivity index (χ0) is 19.0. The van der Waals surface area contributed by atoms with Gasteiger partial charge < -0.3 is 9.32 Å². The number of rotatable bonds is 3. The summed E-state index contributed by atoms with van der Waals surface area (Å²) in [5.41, 5.74) is 0.265. The molecule has 9 heteroatoms. The number of anilines is 1. The monoisotopic (exact) mass is 380 g/mol. The predicted molar refractivity (Wildman–Crippen MR) is 90.7 cm³/mol. The van der Waals surface area contributed by atoms with Crippen LogP contribution in [0.1, 0.15) is 11.3 Å². The molecule has 0 radical (unpaired) electrons. The number of pyridine rings is 1. The van der Waals surface area contributed by atoms with Crippen molar-refractivity contribution in [2.45, 2.75) is 12.7 Å². The Morgan fingerprint density at radius 2 is 1.85 bits per heavy atom. The summed E-state index contributed by atoms with van der Waals surface area (Å²) >= 11 is 0. The lowest BCUT2D eigenvalue weighted by atomic mass is 10.1. The number of oxazole rings is 1. The van der Waals surface area contributed by atoms with Crippen LogP contribution in [0.15, 0.2) is 40.9 Å². The Morgan fingerprint density at radius 3 is 2.59 bits per heavy atom. The highest BCUT2D eigenvalue weighted by atomic mass is 19.4. The highest BCUT2D eigenvalue weighted by Crippen LogP contribution is 2.31. The van der Waals surface area contributed by atoms with E-state index >= 15 is 0 Å². The Labute approximate surface area is 152 Å². The summed E-state index contributed by atoms with van der Waals surface area (Å²) in [6, 6.07) is 7.51. The molecular formula is C18H16F4N4O. The van der Waals surface area contributed by atoms with E-state index in [1.807, 2.05) is 9.80 Å². The molecule has 5 nitrogen and oxygen atoms in total. The maximum atomic E-state index is 13.3. The molecule has 0 unspecified atom stereocenters. The maximum Gasteiger partial charge on any atom is 0.433 e. The first-order valence-electron chi connectivity index (χ1n) is 8.44. The predicted octanol–water partition coefficient (Wildman–Crippen LogP) is 3.70. The van der Waals surface area contributed by atoms with Gasteiger partial charge in [-0.25, -0.2) is 4.39 Å². The van der Waals surface area contributed by atoms with Crippen molar-refractivity contribution >= 4 is 17.1 Å². The van der Waals surface area contributed by atoms with Gasteiger partial charge in [0.2, 0.25) is 0 Å².